The second-order valence-electron chi connectivity index (χ2n) is 6.20. The van der Waals surface area contributed by atoms with Crippen LogP contribution in [0.4, 0.5) is 0 Å². The number of thiazole rings is 2. The lowest BCUT2D eigenvalue weighted by Crippen LogP contribution is -1.98. The van der Waals surface area contributed by atoms with E-state index in [1.807, 2.05) is 36.4 Å². The molecular weight excluding hydrogens is 388 g/mol. The predicted octanol–water partition coefficient (Wildman–Crippen LogP) is 6.03. The number of ketones is 1. The van der Waals surface area contributed by atoms with Crippen molar-refractivity contribution < 1.29 is 9.90 Å². The van der Waals surface area contributed by atoms with Gasteiger partial charge in [0.2, 0.25) is 0 Å². The van der Waals surface area contributed by atoms with E-state index in [4.69, 9.17) is 0 Å². The number of benzene rings is 2. The normalized spacial score (nSPS) is 13.0. The van der Waals surface area contributed by atoms with Crippen LogP contribution in [0, 0.1) is 0 Å². The number of fused-ring (bicyclic) bond motifs is 2. The third kappa shape index (κ3) is 3.93. The van der Waals surface area contributed by atoms with Crippen molar-refractivity contribution in [2.75, 3.05) is 0 Å². The number of aliphatic hydroxyl groups is 1. The molecule has 0 bridgehead atoms. The molecule has 0 aliphatic rings. The Morgan fingerprint density at radius 3 is 2.00 bits per heavy atom. The predicted molar refractivity (Wildman–Crippen MR) is 118 cm³/mol. The summed E-state index contributed by atoms with van der Waals surface area (Å²) in [5, 5.41) is 10.3. The highest BCUT2D eigenvalue weighted by Crippen LogP contribution is 2.21. The first-order valence-electron chi connectivity index (χ1n) is 8.57. The molecule has 0 aliphatic carbocycles. The van der Waals surface area contributed by atoms with Crippen LogP contribution in [0.2, 0.25) is 0 Å². The summed E-state index contributed by atoms with van der Waals surface area (Å²) >= 11 is 3.13. The highest BCUT2D eigenvalue weighted by atomic mass is 32.1. The topological polar surface area (TPSA) is 63.1 Å². The Labute approximate surface area is 169 Å². The van der Waals surface area contributed by atoms with Gasteiger partial charge >= 0.3 is 0 Å². The van der Waals surface area contributed by atoms with E-state index in [1.54, 1.807) is 58.8 Å². The lowest BCUT2D eigenvalue weighted by Gasteiger charge is -1.99. The molecule has 4 nitrogen and oxygen atoms in total. The summed E-state index contributed by atoms with van der Waals surface area (Å²) in [6, 6.07) is 11.7. The maximum atomic E-state index is 12.4. The van der Waals surface area contributed by atoms with E-state index in [0.717, 1.165) is 31.6 Å². The number of carbonyl (C=O) groups is 1. The monoisotopic (exact) mass is 404 g/mol. The number of nitrogens with zero attached hydrogens (tertiary/aromatic N) is 2. The fraction of sp³-hybridized carbons (Fsp3) is 0.0455. The molecule has 4 rings (SSSR count). The van der Waals surface area contributed by atoms with Gasteiger partial charge in [-0.2, -0.15) is 0 Å². The third-order valence-electron chi connectivity index (χ3n) is 4.33. The number of hydrogen-bond acceptors (Lipinski definition) is 6. The van der Waals surface area contributed by atoms with Crippen LogP contribution in [-0.2, 0) is 4.79 Å². The molecule has 138 valence electrons. The van der Waals surface area contributed by atoms with Gasteiger partial charge in [0.1, 0.15) is 5.76 Å². The van der Waals surface area contributed by atoms with Crippen LogP contribution in [0.1, 0.15) is 18.1 Å². The van der Waals surface area contributed by atoms with Gasteiger partial charge in [0, 0.05) is 5.57 Å². The van der Waals surface area contributed by atoms with Crippen molar-refractivity contribution in [1.82, 2.24) is 9.97 Å². The molecule has 0 fully saturated rings. The molecule has 0 saturated heterocycles. The summed E-state index contributed by atoms with van der Waals surface area (Å²) in [4.78, 5) is 20.9. The summed E-state index contributed by atoms with van der Waals surface area (Å²) < 4.78 is 2.16. The maximum absolute atomic E-state index is 12.4. The van der Waals surface area contributed by atoms with Crippen LogP contribution < -0.4 is 0 Å². The number of rotatable bonds is 5. The SMILES string of the molecule is C/C(C(=O)/C=C/c1ccc2ncsc2c1)=C(O)\C=C\c1ccc2ncsc2c1. The van der Waals surface area contributed by atoms with Gasteiger partial charge in [0.05, 0.1) is 31.5 Å². The van der Waals surface area contributed by atoms with E-state index < -0.39 is 0 Å². The van der Waals surface area contributed by atoms with E-state index in [-0.39, 0.29) is 11.5 Å². The highest BCUT2D eigenvalue weighted by Gasteiger charge is 2.06. The van der Waals surface area contributed by atoms with Crippen molar-refractivity contribution in [3.63, 3.8) is 0 Å². The zero-order chi connectivity index (χ0) is 19.5. The second kappa shape index (κ2) is 7.88. The Kier molecular flexibility index (Phi) is 5.14. The van der Waals surface area contributed by atoms with Gasteiger partial charge in [0.15, 0.2) is 5.78 Å². The molecule has 0 radical (unpaired) electrons. The van der Waals surface area contributed by atoms with Gasteiger partial charge in [-0.15, -0.1) is 22.7 Å². The summed E-state index contributed by atoms with van der Waals surface area (Å²) in [7, 11) is 0. The first-order valence-corrected chi connectivity index (χ1v) is 10.3. The second-order valence-corrected chi connectivity index (χ2v) is 7.97. The van der Waals surface area contributed by atoms with Crippen molar-refractivity contribution in [2.24, 2.45) is 0 Å². The summed E-state index contributed by atoms with van der Waals surface area (Å²) in [6.07, 6.45) is 6.56. The first kappa shape index (κ1) is 18.3. The molecule has 2 heterocycles. The average Bonchev–Trinajstić information content (AvgIpc) is 3.37. The van der Waals surface area contributed by atoms with Gasteiger partial charge in [0.25, 0.3) is 0 Å². The van der Waals surface area contributed by atoms with Crippen LogP contribution in [0.15, 0.2) is 70.9 Å². The van der Waals surface area contributed by atoms with E-state index in [9.17, 15) is 9.90 Å². The fourth-order valence-electron chi connectivity index (χ4n) is 2.67. The van der Waals surface area contributed by atoms with Crippen LogP contribution in [0.5, 0.6) is 0 Å². The van der Waals surface area contributed by atoms with Gasteiger partial charge in [-0.25, -0.2) is 9.97 Å². The molecule has 0 atom stereocenters. The van der Waals surface area contributed by atoms with Crippen molar-refractivity contribution in [3.8, 4) is 0 Å². The average molecular weight is 405 g/mol. The maximum Gasteiger partial charge on any atom is 0.185 e. The summed E-state index contributed by atoms with van der Waals surface area (Å²) in [5.41, 5.74) is 7.66. The van der Waals surface area contributed by atoms with Crippen molar-refractivity contribution in [1.29, 1.82) is 0 Å². The zero-order valence-electron chi connectivity index (χ0n) is 15.0. The van der Waals surface area contributed by atoms with Crippen LogP contribution >= 0.6 is 22.7 Å². The molecule has 0 spiro atoms. The van der Waals surface area contributed by atoms with Crippen molar-refractivity contribution in [2.45, 2.75) is 6.92 Å². The van der Waals surface area contributed by atoms with Gasteiger partial charge in [-0.05, 0) is 54.5 Å². The minimum atomic E-state index is -0.232. The molecule has 0 saturated carbocycles. The number of aliphatic hydroxyl groups excluding tert-OH is 1. The molecule has 6 heteroatoms. The lowest BCUT2D eigenvalue weighted by molar-refractivity contribution is -0.111. The zero-order valence-corrected chi connectivity index (χ0v) is 16.6. The lowest BCUT2D eigenvalue weighted by atomic mass is 10.1. The van der Waals surface area contributed by atoms with Crippen molar-refractivity contribution in [3.05, 3.63) is 82.0 Å². The molecule has 2 aromatic heterocycles. The minimum absolute atomic E-state index is 0.0445. The molecule has 1 N–H and O–H groups in total. The Balaban J connectivity index is 1.49. The van der Waals surface area contributed by atoms with E-state index in [0.29, 0.717) is 5.57 Å². The largest absolute Gasteiger partial charge is 0.508 e. The summed E-state index contributed by atoms with van der Waals surface area (Å²) in [5.74, 6) is -0.276. The van der Waals surface area contributed by atoms with Crippen LogP contribution in [0.3, 0.4) is 0 Å². The highest BCUT2D eigenvalue weighted by molar-refractivity contribution is 7.17. The minimum Gasteiger partial charge on any atom is -0.508 e. The third-order valence-corrected chi connectivity index (χ3v) is 5.91. The Hall–Kier alpha value is -3.09. The van der Waals surface area contributed by atoms with Crippen LogP contribution in [-0.4, -0.2) is 20.9 Å². The number of hydrogen-bond donors (Lipinski definition) is 1. The Morgan fingerprint density at radius 1 is 0.893 bits per heavy atom. The first-order chi connectivity index (χ1) is 13.6. The van der Waals surface area contributed by atoms with E-state index in [2.05, 4.69) is 9.97 Å². The standard InChI is InChI=1S/C22H16N2O2S2/c1-14(19(25)8-4-15-2-6-17-21(10-15)27-12-23-17)20(26)9-5-16-3-7-18-22(11-16)28-13-24-18/h2-13,25H,1H3/b8-4+,9-5+,19-14-. The fourth-order valence-corrected chi connectivity index (χ4v) is 4.12. The number of aromatic nitrogens is 2. The molecule has 4 aromatic rings. The molecular formula is C22H16N2O2S2. The molecule has 0 unspecified atom stereocenters. The Morgan fingerprint density at radius 2 is 1.43 bits per heavy atom. The van der Waals surface area contributed by atoms with Gasteiger partial charge in [-0.3, -0.25) is 4.79 Å². The smallest absolute Gasteiger partial charge is 0.185 e. The van der Waals surface area contributed by atoms with Crippen LogP contribution in [0.25, 0.3) is 32.6 Å². The van der Waals surface area contributed by atoms with E-state index >= 15 is 0 Å². The van der Waals surface area contributed by atoms with Gasteiger partial charge in [-0.1, -0.05) is 24.3 Å². The molecule has 28 heavy (non-hydrogen) atoms. The molecule has 0 aliphatic heterocycles. The number of carbonyl (C=O) groups excluding carboxylic acids is 1. The molecule has 0 amide bonds. The van der Waals surface area contributed by atoms with Gasteiger partial charge < -0.3 is 5.11 Å². The Bertz CT molecular complexity index is 1260. The van der Waals surface area contributed by atoms with Crippen molar-refractivity contribution >= 4 is 61.0 Å². The number of allylic oxidation sites excluding steroid dienone is 3. The quantitative estimate of drug-likeness (QED) is 0.250. The van der Waals surface area contributed by atoms with E-state index in [1.165, 1.54) is 6.08 Å². The summed E-state index contributed by atoms with van der Waals surface area (Å²) in [6.45, 7) is 1.62. The molecule has 2 aromatic carbocycles.